The summed E-state index contributed by atoms with van der Waals surface area (Å²) in [5, 5.41) is 17.8. The Labute approximate surface area is 65.4 Å². The van der Waals surface area contributed by atoms with E-state index in [1.54, 1.807) is 12.1 Å². The lowest BCUT2D eigenvalue weighted by Crippen LogP contribution is -1.96. The number of hydrogen-bond acceptors (Lipinski definition) is 2. The van der Waals surface area contributed by atoms with Crippen LogP contribution in [0, 0.1) is 11.3 Å². The van der Waals surface area contributed by atoms with Crippen molar-refractivity contribution in [3.05, 3.63) is 42.0 Å². The zero-order chi connectivity index (χ0) is 8.27. The van der Waals surface area contributed by atoms with E-state index >= 15 is 0 Å². The van der Waals surface area contributed by atoms with Gasteiger partial charge in [0.05, 0.1) is 12.2 Å². The van der Waals surface area contributed by atoms with Gasteiger partial charge in [-0.15, -0.1) is 0 Å². The second-order valence-corrected chi connectivity index (χ2v) is 2.26. The standard InChI is InChI=1S/C9H8NO/c1-7(6-10)9(11)8-4-2-3-5-8/h2-5,9,11H,1H2/q-1. The van der Waals surface area contributed by atoms with Gasteiger partial charge in [0.25, 0.3) is 0 Å². The molecule has 0 saturated carbocycles. The van der Waals surface area contributed by atoms with Crippen molar-refractivity contribution < 1.29 is 5.11 Å². The van der Waals surface area contributed by atoms with E-state index < -0.39 is 6.10 Å². The second kappa shape index (κ2) is 3.09. The Kier molecular flexibility index (Phi) is 2.15. The van der Waals surface area contributed by atoms with Crippen molar-refractivity contribution in [1.82, 2.24) is 0 Å². The van der Waals surface area contributed by atoms with Crippen molar-refractivity contribution in [3.8, 4) is 6.07 Å². The maximum absolute atomic E-state index is 9.36. The van der Waals surface area contributed by atoms with E-state index in [4.69, 9.17) is 5.26 Å². The molecule has 0 aliphatic carbocycles. The average molecular weight is 146 g/mol. The molecule has 11 heavy (non-hydrogen) atoms. The van der Waals surface area contributed by atoms with E-state index in [1.165, 1.54) is 0 Å². The first kappa shape index (κ1) is 7.64. The fourth-order valence-electron chi connectivity index (χ4n) is 0.834. The van der Waals surface area contributed by atoms with E-state index in [0.29, 0.717) is 0 Å². The van der Waals surface area contributed by atoms with Crippen LogP contribution in [0.1, 0.15) is 11.7 Å². The summed E-state index contributed by atoms with van der Waals surface area (Å²) in [7, 11) is 0. The zero-order valence-electron chi connectivity index (χ0n) is 5.99. The molecule has 1 unspecified atom stereocenters. The van der Waals surface area contributed by atoms with Gasteiger partial charge in [-0.05, 0) is 0 Å². The maximum Gasteiger partial charge on any atom is 0.0960 e. The van der Waals surface area contributed by atoms with E-state index in [2.05, 4.69) is 6.58 Å². The Morgan fingerprint density at radius 3 is 3.00 bits per heavy atom. The van der Waals surface area contributed by atoms with Crippen molar-refractivity contribution in [3.63, 3.8) is 0 Å². The van der Waals surface area contributed by atoms with Crippen LogP contribution in [0.4, 0.5) is 0 Å². The highest BCUT2D eigenvalue weighted by atomic mass is 16.3. The fraction of sp³-hybridized carbons (Fsp3) is 0.111. The Morgan fingerprint density at radius 1 is 1.82 bits per heavy atom. The molecule has 0 aliphatic heterocycles. The van der Waals surface area contributed by atoms with Gasteiger partial charge in [-0.3, -0.25) is 0 Å². The van der Waals surface area contributed by atoms with Crippen LogP contribution in [-0.2, 0) is 0 Å². The van der Waals surface area contributed by atoms with E-state index in [1.807, 2.05) is 18.2 Å². The van der Waals surface area contributed by atoms with Gasteiger partial charge >= 0.3 is 0 Å². The van der Waals surface area contributed by atoms with Crippen LogP contribution in [0.2, 0.25) is 0 Å². The number of nitrogens with zero attached hydrogens (tertiary/aromatic N) is 1. The topological polar surface area (TPSA) is 44.0 Å². The molecule has 0 aromatic heterocycles. The molecule has 1 N–H and O–H groups in total. The molecular weight excluding hydrogens is 138 g/mol. The first-order valence-electron chi connectivity index (χ1n) is 3.24. The third-order valence-electron chi connectivity index (χ3n) is 1.48. The first-order chi connectivity index (χ1) is 5.25. The quantitative estimate of drug-likeness (QED) is 0.507. The summed E-state index contributed by atoms with van der Waals surface area (Å²) in [5.41, 5.74) is 0.896. The van der Waals surface area contributed by atoms with Crippen LogP contribution in [0.5, 0.6) is 0 Å². The van der Waals surface area contributed by atoms with E-state index in [0.717, 1.165) is 5.56 Å². The minimum Gasteiger partial charge on any atom is -0.396 e. The molecule has 0 heterocycles. The van der Waals surface area contributed by atoms with Crippen LogP contribution < -0.4 is 0 Å². The monoisotopic (exact) mass is 146 g/mol. The molecule has 1 aromatic carbocycles. The SMILES string of the molecule is C=C(C#N)C(O)c1cc[cH-]c1. The second-order valence-electron chi connectivity index (χ2n) is 2.26. The largest absolute Gasteiger partial charge is 0.396 e. The first-order valence-corrected chi connectivity index (χ1v) is 3.24. The summed E-state index contributed by atoms with van der Waals surface area (Å²) in [4.78, 5) is 0. The van der Waals surface area contributed by atoms with Gasteiger partial charge in [0.1, 0.15) is 0 Å². The molecule has 2 heteroatoms. The highest BCUT2D eigenvalue weighted by Crippen LogP contribution is 2.19. The third-order valence-corrected chi connectivity index (χ3v) is 1.48. The van der Waals surface area contributed by atoms with Crippen molar-refractivity contribution in [1.29, 1.82) is 5.26 Å². The van der Waals surface area contributed by atoms with Crippen LogP contribution in [-0.4, -0.2) is 5.11 Å². The molecule has 56 valence electrons. The van der Waals surface area contributed by atoms with Crippen LogP contribution in [0.15, 0.2) is 36.4 Å². The Hall–Kier alpha value is -1.46. The summed E-state index contributed by atoms with van der Waals surface area (Å²) in [6.45, 7) is 3.42. The third kappa shape index (κ3) is 1.51. The van der Waals surface area contributed by atoms with Gasteiger partial charge in [-0.25, -0.2) is 6.07 Å². The van der Waals surface area contributed by atoms with Gasteiger partial charge in [0.15, 0.2) is 0 Å². The molecule has 2 nitrogen and oxygen atoms in total. The molecule has 0 fully saturated rings. The lowest BCUT2D eigenvalue weighted by atomic mass is 10.1. The van der Waals surface area contributed by atoms with Gasteiger partial charge in [-0.2, -0.15) is 29.0 Å². The molecule has 1 rings (SSSR count). The Balaban J connectivity index is 2.80. The van der Waals surface area contributed by atoms with E-state index in [9.17, 15) is 5.11 Å². The molecule has 1 aromatic rings. The van der Waals surface area contributed by atoms with Gasteiger partial charge < -0.3 is 5.11 Å². The molecule has 0 amide bonds. The lowest BCUT2D eigenvalue weighted by Gasteiger charge is -2.11. The summed E-state index contributed by atoms with van der Waals surface area (Å²) >= 11 is 0. The van der Waals surface area contributed by atoms with Gasteiger partial charge in [-0.1, -0.05) is 6.58 Å². The van der Waals surface area contributed by atoms with Crippen LogP contribution >= 0.6 is 0 Å². The van der Waals surface area contributed by atoms with Gasteiger partial charge in [0.2, 0.25) is 0 Å². The number of aliphatic hydroxyl groups excluding tert-OH is 1. The highest BCUT2D eigenvalue weighted by Gasteiger charge is 2.03. The van der Waals surface area contributed by atoms with Gasteiger partial charge in [0, 0.05) is 5.57 Å². The summed E-state index contributed by atoms with van der Waals surface area (Å²) in [5.74, 6) is 0. The van der Waals surface area contributed by atoms with Crippen molar-refractivity contribution >= 4 is 0 Å². The predicted octanol–water partition coefficient (Wildman–Crippen LogP) is 1.52. The Morgan fingerprint density at radius 2 is 2.55 bits per heavy atom. The normalized spacial score (nSPS) is 12.0. The lowest BCUT2D eigenvalue weighted by molar-refractivity contribution is 0.221. The van der Waals surface area contributed by atoms with Crippen molar-refractivity contribution in [2.24, 2.45) is 0 Å². The molecule has 0 spiro atoms. The molecule has 0 bridgehead atoms. The fourth-order valence-corrected chi connectivity index (χ4v) is 0.834. The summed E-state index contributed by atoms with van der Waals surface area (Å²) in [6.07, 6.45) is -0.838. The Bertz CT molecular complexity index is 279. The number of nitriles is 1. The van der Waals surface area contributed by atoms with Crippen molar-refractivity contribution in [2.45, 2.75) is 6.10 Å². The average Bonchev–Trinajstić information content (AvgIpc) is 2.53. The molecular formula is C9H8NO-. The smallest absolute Gasteiger partial charge is 0.0960 e. The molecule has 0 saturated heterocycles. The van der Waals surface area contributed by atoms with Crippen LogP contribution in [0.3, 0.4) is 0 Å². The number of rotatable bonds is 2. The maximum atomic E-state index is 9.36. The van der Waals surface area contributed by atoms with E-state index in [-0.39, 0.29) is 5.57 Å². The molecule has 0 aliphatic rings. The number of aliphatic hydroxyl groups is 1. The highest BCUT2D eigenvalue weighted by molar-refractivity contribution is 5.32. The number of hydrogen-bond donors (Lipinski definition) is 1. The summed E-state index contributed by atoms with van der Waals surface area (Å²) in [6, 6.07) is 8.94. The van der Waals surface area contributed by atoms with Crippen molar-refractivity contribution in [2.75, 3.05) is 0 Å². The predicted molar refractivity (Wildman–Crippen MR) is 41.7 cm³/mol. The molecule has 1 atom stereocenters. The minimum atomic E-state index is -0.838. The zero-order valence-corrected chi connectivity index (χ0v) is 5.99. The minimum absolute atomic E-state index is 0.177. The molecule has 0 radical (unpaired) electrons. The van der Waals surface area contributed by atoms with Crippen LogP contribution in [0.25, 0.3) is 0 Å². The summed E-state index contributed by atoms with van der Waals surface area (Å²) < 4.78 is 0.